The minimum atomic E-state index is -4.22. The molecule has 2 amide bonds. The number of carbonyl (C=O) groups is 2. The molecule has 0 aromatic heterocycles. The maximum atomic E-state index is 14.5. The van der Waals surface area contributed by atoms with Crippen molar-refractivity contribution in [1.82, 2.24) is 10.2 Å². The Morgan fingerprint density at radius 2 is 1.43 bits per heavy atom. The second kappa shape index (κ2) is 14.8. The van der Waals surface area contributed by atoms with Crippen molar-refractivity contribution in [2.45, 2.75) is 50.7 Å². The fourth-order valence-electron chi connectivity index (χ4n) is 4.73. The van der Waals surface area contributed by atoms with E-state index in [0.29, 0.717) is 15.6 Å². The van der Waals surface area contributed by atoms with Gasteiger partial charge in [0, 0.05) is 29.1 Å². The lowest BCUT2D eigenvalue weighted by atomic mass is 10.0. The number of anilines is 1. The molecule has 0 spiro atoms. The van der Waals surface area contributed by atoms with E-state index < -0.39 is 28.5 Å². The van der Waals surface area contributed by atoms with Crippen LogP contribution in [0.1, 0.15) is 30.5 Å². The van der Waals surface area contributed by atoms with E-state index in [1.54, 1.807) is 61.5 Å². The molecule has 0 saturated heterocycles. The van der Waals surface area contributed by atoms with Crippen LogP contribution in [-0.4, -0.2) is 43.8 Å². The Labute approximate surface area is 269 Å². The molecule has 0 heterocycles. The molecule has 7 nitrogen and oxygen atoms in total. The number of halogens is 2. The summed E-state index contributed by atoms with van der Waals surface area (Å²) in [6.45, 7) is 4.89. The van der Waals surface area contributed by atoms with E-state index in [9.17, 15) is 18.0 Å². The molecule has 0 radical (unpaired) electrons. The Hall–Kier alpha value is -3.85. The molecule has 4 aromatic rings. The van der Waals surface area contributed by atoms with Crippen molar-refractivity contribution in [1.29, 1.82) is 0 Å². The molecule has 10 heteroatoms. The second-order valence-electron chi connectivity index (χ2n) is 10.7. The number of rotatable bonds is 12. The maximum Gasteiger partial charge on any atom is 0.264 e. The molecule has 0 aliphatic rings. The second-order valence-corrected chi connectivity index (χ2v) is 13.4. The van der Waals surface area contributed by atoms with Crippen molar-refractivity contribution >= 4 is 50.7 Å². The molecule has 1 N–H and O–H groups in total. The van der Waals surface area contributed by atoms with Crippen molar-refractivity contribution in [2.24, 2.45) is 0 Å². The summed E-state index contributed by atoms with van der Waals surface area (Å²) >= 11 is 13.0. The first-order chi connectivity index (χ1) is 21.0. The number of sulfonamides is 1. The number of amides is 2. The standard InChI is InChI=1S/C34H35Cl2N3O4S/c1-24(2)37-34(41)32(20-26-12-6-4-7-13-26)38(22-27-14-10-11-17-30(27)35)33(40)23-39(28-19-18-25(3)31(36)21-28)44(42,43)29-15-8-5-9-16-29/h4-19,21,24,32H,20,22-23H2,1-3H3,(H,37,41)/t32-/m1/s1. The van der Waals surface area contributed by atoms with Crippen molar-refractivity contribution in [2.75, 3.05) is 10.8 Å². The van der Waals surface area contributed by atoms with Gasteiger partial charge < -0.3 is 10.2 Å². The van der Waals surface area contributed by atoms with Crippen LogP contribution >= 0.6 is 23.2 Å². The van der Waals surface area contributed by atoms with Crippen LogP contribution in [-0.2, 0) is 32.6 Å². The summed E-state index contributed by atoms with van der Waals surface area (Å²) in [4.78, 5) is 29.6. The summed E-state index contributed by atoms with van der Waals surface area (Å²) < 4.78 is 29.1. The Balaban J connectivity index is 1.82. The average molecular weight is 653 g/mol. The van der Waals surface area contributed by atoms with Gasteiger partial charge in [0.15, 0.2) is 0 Å². The average Bonchev–Trinajstić information content (AvgIpc) is 3.00. The van der Waals surface area contributed by atoms with Gasteiger partial charge in [-0.05, 0) is 67.8 Å². The predicted octanol–water partition coefficient (Wildman–Crippen LogP) is 6.66. The Morgan fingerprint density at radius 1 is 0.818 bits per heavy atom. The highest BCUT2D eigenvalue weighted by Gasteiger charge is 2.35. The normalized spacial score (nSPS) is 12.0. The van der Waals surface area contributed by atoms with Crippen molar-refractivity contribution in [3.8, 4) is 0 Å². The molecule has 4 aromatic carbocycles. The van der Waals surface area contributed by atoms with Crippen LogP contribution < -0.4 is 9.62 Å². The van der Waals surface area contributed by atoms with Gasteiger partial charge in [-0.25, -0.2) is 8.42 Å². The van der Waals surface area contributed by atoms with Gasteiger partial charge >= 0.3 is 0 Å². The fourth-order valence-corrected chi connectivity index (χ4v) is 6.53. The van der Waals surface area contributed by atoms with Crippen LogP contribution in [0.2, 0.25) is 10.0 Å². The highest BCUT2D eigenvalue weighted by Crippen LogP contribution is 2.29. The largest absolute Gasteiger partial charge is 0.352 e. The zero-order valence-electron chi connectivity index (χ0n) is 24.8. The molecular weight excluding hydrogens is 617 g/mol. The van der Waals surface area contributed by atoms with Gasteiger partial charge in [0.2, 0.25) is 11.8 Å². The Kier molecular flexibility index (Phi) is 11.1. The third kappa shape index (κ3) is 8.20. The van der Waals surface area contributed by atoms with E-state index in [1.165, 1.54) is 23.1 Å². The summed E-state index contributed by atoms with van der Waals surface area (Å²) in [7, 11) is -4.22. The Bertz CT molecular complexity index is 1700. The molecule has 0 unspecified atom stereocenters. The molecule has 0 saturated carbocycles. The monoisotopic (exact) mass is 651 g/mol. The molecule has 0 bridgehead atoms. The van der Waals surface area contributed by atoms with Crippen LogP contribution in [0.25, 0.3) is 0 Å². The van der Waals surface area contributed by atoms with Crippen LogP contribution in [0.15, 0.2) is 108 Å². The predicted molar refractivity (Wildman–Crippen MR) is 176 cm³/mol. The van der Waals surface area contributed by atoms with E-state index in [2.05, 4.69) is 5.32 Å². The smallest absolute Gasteiger partial charge is 0.264 e. The number of aryl methyl sites for hydroxylation is 1. The van der Waals surface area contributed by atoms with Gasteiger partial charge in [-0.1, -0.05) is 96.0 Å². The minimum absolute atomic E-state index is 0.0144. The Morgan fingerprint density at radius 3 is 2.05 bits per heavy atom. The topological polar surface area (TPSA) is 86.8 Å². The highest BCUT2D eigenvalue weighted by atomic mass is 35.5. The maximum absolute atomic E-state index is 14.5. The first kappa shape index (κ1) is 33.1. The summed E-state index contributed by atoms with van der Waals surface area (Å²) in [5.74, 6) is -0.943. The van der Waals surface area contributed by atoms with Gasteiger partial charge in [-0.15, -0.1) is 0 Å². The van der Waals surface area contributed by atoms with Gasteiger partial charge in [0.05, 0.1) is 10.6 Å². The van der Waals surface area contributed by atoms with Crippen molar-refractivity contribution < 1.29 is 18.0 Å². The third-order valence-electron chi connectivity index (χ3n) is 7.05. The lowest BCUT2D eigenvalue weighted by Gasteiger charge is -2.34. The lowest BCUT2D eigenvalue weighted by Crippen LogP contribution is -2.54. The molecule has 0 aliphatic carbocycles. The zero-order valence-corrected chi connectivity index (χ0v) is 27.1. The van der Waals surface area contributed by atoms with Crippen molar-refractivity contribution in [3.05, 3.63) is 130 Å². The minimum Gasteiger partial charge on any atom is -0.352 e. The molecule has 44 heavy (non-hydrogen) atoms. The molecule has 230 valence electrons. The lowest BCUT2D eigenvalue weighted by molar-refractivity contribution is -0.140. The van der Waals surface area contributed by atoms with Gasteiger partial charge in [0.25, 0.3) is 10.0 Å². The first-order valence-corrected chi connectivity index (χ1v) is 16.4. The van der Waals surface area contributed by atoms with Crippen LogP contribution in [0, 0.1) is 6.92 Å². The zero-order chi connectivity index (χ0) is 31.9. The van der Waals surface area contributed by atoms with Gasteiger partial charge in [-0.2, -0.15) is 0 Å². The summed E-state index contributed by atoms with van der Waals surface area (Å²) in [6, 6.07) is 28.0. The highest BCUT2D eigenvalue weighted by molar-refractivity contribution is 7.92. The fraction of sp³-hybridized carbons (Fsp3) is 0.235. The number of nitrogens with zero attached hydrogens (tertiary/aromatic N) is 2. The van der Waals surface area contributed by atoms with E-state index in [1.807, 2.05) is 44.2 Å². The summed E-state index contributed by atoms with van der Waals surface area (Å²) in [5, 5.41) is 3.72. The van der Waals surface area contributed by atoms with Gasteiger partial charge in [0.1, 0.15) is 12.6 Å². The van der Waals surface area contributed by atoms with Crippen LogP contribution in [0.4, 0.5) is 5.69 Å². The number of carbonyl (C=O) groups excluding carboxylic acids is 2. The van der Waals surface area contributed by atoms with Crippen LogP contribution in [0.3, 0.4) is 0 Å². The molecule has 0 fully saturated rings. The first-order valence-electron chi connectivity index (χ1n) is 14.2. The SMILES string of the molecule is Cc1ccc(N(CC(=O)N(Cc2ccccc2Cl)[C@H](Cc2ccccc2)C(=O)NC(C)C)S(=O)(=O)c2ccccc2)cc1Cl. The summed E-state index contributed by atoms with van der Waals surface area (Å²) in [6.07, 6.45) is 0.206. The van der Waals surface area contributed by atoms with Crippen molar-refractivity contribution in [3.63, 3.8) is 0 Å². The summed E-state index contributed by atoms with van der Waals surface area (Å²) in [5.41, 5.74) is 2.44. The molecule has 1 atom stereocenters. The number of nitrogens with one attached hydrogen (secondary N) is 1. The quantitative estimate of drug-likeness (QED) is 0.186. The van der Waals surface area contributed by atoms with Crippen LogP contribution in [0.5, 0.6) is 0 Å². The molecule has 0 aliphatic heterocycles. The van der Waals surface area contributed by atoms with E-state index >= 15 is 0 Å². The molecular formula is C34H35Cl2N3O4S. The van der Waals surface area contributed by atoms with Gasteiger partial charge in [-0.3, -0.25) is 13.9 Å². The van der Waals surface area contributed by atoms with E-state index in [-0.39, 0.29) is 35.5 Å². The number of hydrogen-bond donors (Lipinski definition) is 1. The molecule has 4 rings (SSSR count). The van der Waals surface area contributed by atoms with E-state index in [0.717, 1.165) is 15.4 Å². The van der Waals surface area contributed by atoms with E-state index in [4.69, 9.17) is 23.2 Å². The number of hydrogen-bond acceptors (Lipinski definition) is 4. The third-order valence-corrected chi connectivity index (χ3v) is 9.62. The number of benzene rings is 4.